The zero-order valence-corrected chi connectivity index (χ0v) is 13.4. The van der Waals surface area contributed by atoms with E-state index in [1.165, 1.54) is 23.0 Å². The Balaban J connectivity index is 2.16. The molecule has 2 rings (SSSR count). The van der Waals surface area contributed by atoms with Crippen molar-refractivity contribution in [2.75, 3.05) is 13.1 Å². The van der Waals surface area contributed by atoms with Crippen molar-refractivity contribution in [3.63, 3.8) is 0 Å². The molecule has 23 heavy (non-hydrogen) atoms. The van der Waals surface area contributed by atoms with E-state index in [0.717, 1.165) is 6.54 Å². The van der Waals surface area contributed by atoms with Gasteiger partial charge in [0.1, 0.15) is 5.82 Å². The largest absolute Gasteiger partial charge is 0.504 e. The van der Waals surface area contributed by atoms with Crippen molar-refractivity contribution < 1.29 is 14.3 Å². The minimum absolute atomic E-state index is 0.0579. The van der Waals surface area contributed by atoms with Crippen LogP contribution in [0.25, 0.3) is 5.69 Å². The molecule has 0 radical (unpaired) electrons. The smallest absolute Gasteiger partial charge is 0.275 e. The third kappa shape index (κ3) is 4.07. The topological polar surface area (TPSA) is 79.2 Å². The zero-order valence-electron chi connectivity index (χ0n) is 13.4. The SMILES string of the molecule is CCN[C@H](C)CNC(=O)c1nn(-c2ccc(F)cc2C)cc1O. The monoisotopic (exact) mass is 320 g/mol. The van der Waals surface area contributed by atoms with Crippen LogP contribution in [-0.4, -0.2) is 39.9 Å². The van der Waals surface area contributed by atoms with Crippen molar-refractivity contribution in [1.82, 2.24) is 20.4 Å². The number of nitrogens with zero attached hydrogens (tertiary/aromatic N) is 2. The molecule has 0 fully saturated rings. The summed E-state index contributed by atoms with van der Waals surface area (Å²) in [5.74, 6) is -1.02. The normalized spacial score (nSPS) is 12.2. The Hall–Kier alpha value is -2.41. The number of benzene rings is 1. The summed E-state index contributed by atoms with van der Waals surface area (Å²) in [5.41, 5.74) is 1.19. The number of likely N-dealkylation sites (N-methyl/N-ethyl adjacent to an activating group) is 1. The first-order valence-corrected chi connectivity index (χ1v) is 7.49. The fourth-order valence-electron chi connectivity index (χ4n) is 2.28. The molecule has 0 spiro atoms. The predicted molar refractivity (Wildman–Crippen MR) is 85.4 cm³/mol. The van der Waals surface area contributed by atoms with E-state index >= 15 is 0 Å². The van der Waals surface area contributed by atoms with Crippen LogP contribution >= 0.6 is 0 Å². The highest BCUT2D eigenvalue weighted by Crippen LogP contribution is 2.20. The van der Waals surface area contributed by atoms with Crippen molar-refractivity contribution >= 4 is 5.91 Å². The molecule has 0 aliphatic rings. The average molecular weight is 320 g/mol. The number of carbonyl (C=O) groups is 1. The fourth-order valence-corrected chi connectivity index (χ4v) is 2.28. The summed E-state index contributed by atoms with van der Waals surface area (Å²) >= 11 is 0. The summed E-state index contributed by atoms with van der Waals surface area (Å²) in [6, 6.07) is 4.34. The van der Waals surface area contributed by atoms with E-state index in [2.05, 4.69) is 15.7 Å². The van der Waals surface area contributed by atoms with E-state index in [4.69, 9.17) is 0 Å². The van der Waals surface area contributed by atoms with Gasteiger partial charge >= 0.3 is 0 Å². The third-order valence-electron chi connectivity index (χ3n) is 3.44. The van der Waals surface area contributed by atoms with Crippen molar-refractivity contribution in [3.8, 4) is 11.4 Å². The van der Waals surface area contributed by atoms with Crippen molar-refractivity contribution in [3.05, 3.63) is 41.5 Å². The Bertz CT molecular complexity index is 699. The Morgan fingerprint density at radius 1 is 1.48 bits per heavy atom. The molecule has 6 nitrogen and oxygen atoms in total. The lowest BCUT2D eigenvalue weighted by Gasteiger charge is -2.12. The van der Waals surface area contributed by atoms with Gasteiger partial charge in [0.05, 0.1) is 11.9 Å². The average Bonchev–Trinajstić information content (AvgIpc) is 2.87. The second kappa shape index (κ2) is 7.23. The first kappa shape index (κ1) is 17.0. The van der Waals surface area contributed by atoms with Gasteiger partial charge in [-0.2, -0.15) is 5.10 Å². The van der Waals surface area contributed by atoms with Gasteiger partial charge in [-0.05, 0) is 44.2 Å². The van der Waals surface area contributed by atoms with Crippen LogP contribution in [0.2, 0.25) is 0 Å². The van der Waals surface area contributed by atoms with Gasteiger partial charge in [-0.25, -0.2) is 9.07 Å². The molecule has 0 aliphatic carbocycles. The number of carbonyl (C=O) groups excluding carboxylic acids is 1. The molecular formula is C16H21FN4O2. The molecule has 7 heteroatoms. The number of nitrogens with one attached hydrogen (secondary N) is 2. The lowest BCUT2D eigenvalue weighted by atomic mass is 10.2. The quantitative estimate of drug-likeness (QED) is 0.758. The van der Waals surface area contributed by atoms with E-state index in [1.807, 2.05) is 13.8 Å². The minimum Gasteiger partial charge on any atom is -0.504 e. The Labute approximate surface area is 134 Å². The standard InChI is InChI=1S/C16H21FN4O2/c1-4-18-11(3)8-19-16(23)15-14(22)9-21(20-15)13-6-5-12(17)7-10(13)2/h5-7,9,11,18,22H,4,8H2,1-3H3,(H,19,23)/t11-/m1/s1. The Kier molecular flexibility index (Phi) is 5.33. The maximum atomic E-state index is 13.2. The molecule has 124 valence electrons. The molecule has 3 N–H and O–H groups in total. The number of hydrogen-bond donors (Lipinski definition) is 3. The van der Waals surface area contributed by atoms with E-state index in [1.54, 1.807) is 13.0 Å². The first-order valence-electron chi connectivity index (χ1n) is 7.49. The minimum atomic E-state index is -0.453. The summed E-state index contributed by atoms with van der Waals surface area (Å²) in [7, 11) is 0. The van der Waals surface area contributed by atoms with Crippen molar-refractivity contribution in [1.29, 1.82) is 0 Å². The summed E-state index contributed by atoms with van der Waals surface area (Å²) in [6.45, 7) is 6.89. The summed E-state index contributed by atoms with van der Waals surface area (Å²) in [5, 5.41) is 19.9. The maximum absolute atomic E-state index is 13.2. The number of aromatic hydroxyl groups is 1. The van der Waals surface area contributed by atoms with Crippen LogP contribution in [0.3, 0.4) is 0 Å². The second-order valence-corrected chi connectivity index (χ2v) is 5.41. The molecule has 2 aromatic rings. The highest BCUT2D eigenvalue weighted by molar-refractivity contribution is 5.94. The molecule has 1 aromatic heterocycles. The summed E-state index contributed by atoms with van der Waals surface area (Å²) < 4.78 is 14.5. The fraction of sp³-hybridized carbons (Fsp3) is 0.375. The van der Waals surface area contributed by atoms with Crippen molar-refractivity contribution in [2.24, 2.45) is 0 Å². The number of aromatic nitrogens is 2. The van der Waals surface area contributed by atoms with Gasteiger partial charge in [-0.3, -0.25) is 4.79 Å². The van der Waals surface area contributed by atoms with E-state index in [-0.39, 0.29) is 23.3 Å². The van der Waals surface area contributed by atoms with Gasteiger partial charge in [0.2, 0.25) is 0 Å². The number of hydrogen-bond acceptors (Lipinski definition) is 4. The number of aryl methyl sites for hydroxylation is 1. The molecule has 1 aromatic carbocycles. The maximum Gasteiger partial charge on any atom is 0.275 e. The highest BCUT2D eigenvalue weighted by atomic mass is 19.1. The summed E-state index contributed by atoms with van der Waals surface area (Å²) in [4.78, 5) is 12.1. The molecule has 0 saturated heterocycles. The van der Waals surface area contributed by atoms with Crippen LogP contribution in [0.15, 0.2) is 24.4 Å². The molecular weight excluding hydrogens is 299 g/mol. The van der Waals surface area contributed by atoms with Crippen LogP contribution < -0.4 is 10.6 Å². The van der Waals surface area contributed by atoms with Crippen LogP contribution in [-0.2, 0) is 0 Å². The molecule has 0 unspecified atom stereocenters. The predicted octanol–water partition coefficient (Wildman–Crippen LogP) is 1.75. The van der Waals surface area contributed by atoms with Gasteiger partial charge in [-0.15, -0.1) is 0 Å². The van der Waals surface area contributed by atoms with Crippen LogP contribution in [0.5, 0.6) is 5.75 Å². The lowest BCUT2D eigenvalue weighted by molar-refractivity contribution is 0.0942. The first-order chi connectivity index (χ1) is 10.9. The number of rotatable bonds is 6. The van der Waals surface area contributed by atoms with Gasteiger partial charge < -0.3 is 15.7 Å². The van der Waals surface area contributed by atoms with Crippen LogP contribution in [0.4, 0.5) is 4.39 Å². The third-order valence-corrected chi connectivity index (χ3v) is 3.44. The van der Waals surface area contributed by atoms with Gasteiger partial charge in [-0.1, -0.05) is 6.92 Å². The zero-order chi connectivity index (χ0) is 17.0. The molecule has 0 bridgehead atoms. The molecule has 0 saturated carbocycles. The molecule has 1 amide bonds. The van der Waals surface area contributed by atoms with E-state index in [0.29, 0.717) is 17.8 Å². The van der Waals surface area contributed by atoms with E-state index < -0.39 is 5.91 Å². The Morgan fingerprint density at radius 2 is 2.22 bits per heavy atom. The van der Waals surface area contributed by atoms with E-state index in [9.17, 15) is 14.3 Å². The number of amides is 1. The van der Waals surface area contributed by atoms with Gasteiger partial charge in [0.15, 0.2) is 11.4 Å². The molecule has 1 heterocycles. The number of halogens is 1. The van der Waals surface area contributed by atoms with Gasteiger partial charge in [0, 0.05) is 12.6 Å². The molecule has 1 atom stereocenters. The van der Waals surface area contributed by atoms with Crippen molar-refractivity contribution in [2.45, 2.75) is 26.8 Å². The highest BCUT2D eigenvalue weighted by Gasteiger charge is 2.18. The molecule has 0 aliphatic heterocycles. The lowest BCUT2D eigenvalue weighted by Crippen LogP contribution is -2.39. The van der Waals surface area contributed by atoms with Crippen LogP contribution in [0.1, 0.15) is 29.9 Å². The second-order valence-electron chi connectivity index (χ2n) is 5.41. The van der Waals surface area contributed by atoms with Crippen LogP contribution in [0, 0.1) is 12.7 Å². The Morgan fingerprint density at radius 3 is 2.87 bits per heavy atom. The van der Waals surface area contributed by atoms with Gasteiger partial charge in [0.25, 0.3) is 5.91 Å². The summed E-state index contributed by atoms with van der Waals surface area (Å²) in [6.07, 6.45) is 1.34.